The number of rotatable bonds is 4. The Morgan fingerprint density at radius 2 is 1.90 bits per heavy atom. The average Bonchev–Trinajstić information content (AvgIpc) is 2.52. The van der Waals surface area contributed by atoms with Gasteiger partial charge in [-0.05, 0) is 24.3 Å². The van der Waals surface area contributed by atoms with Gasteiger partial charge in [-0.25, -0.2) is 9.59 Å². The molecule has 1 fully saturated rings. The van der Waals surface area contributed by atoms with E-state index in [4.69, 9.17) is 9.84 Å². The highest BCUT2D eigenvalue weighted by Gasteiger charge is 2.22. The van der Waals surface area contributed by atoms with Crippen molar-refractivity contribution >= 4 is 12.1 Å². The van der Waals surface area contributed by atoms with Gasteiger partial charge in [0, 0.05) is 19.2 Å². The zero-order valence-electron chi connectivity index (χ0n) is 11.8. The number of allylic oxidation sites excluding steroid dienone is 1. The van der Waals surface area contributed by atoms with Crippen LogP contribution in [0.3, 0.4) is 0 Å². The van der Waals surface area contributed by atoms with Crippen molar-refractivity contribution in [2.75, 3.05) is 13.1 Å². The van der Waals surface area contributed by atoms with Gasteiger partial charge in [0.25, 0.3) is 0 Å². The van der Waals surface area contributed by atoms with Gasteiger partial charge in [0.15, 0.2) is 0 Å². The molecule has 1 amide bonds. The van der Waals surface area contributed by atoms with E-state index in [1.54, 1.807) is 11.0 Å². The summed E-state index contributed by atoms with van der Waals surface area (Å²) in [5, 5.41) is 8.59. The summed E-state index contributed by atoms with van der Waals surface area (Å²) in [7, 11) is 0. The fourth-order valence-corrected chi connectivity index (χ4v) is 2.30. The zero-order chi connectivity index (χ0) is 15.1. The van der Waals surface area contributed by atoms with E-state index in [1.807, 2.05) is 30.3 Å². The quantitative estimate of drug-likeness (QED) is 0.865. The summed E-state index contributed by atoms with van der Waals surface area (Å²) >= 11 is 0. The van der Waals surface area contributed by atoms with Crippen molar-refractivity contribution in [2.45, 2.75) is 19.4 Å². The monoisotopic (exact) mass is 289 g/mol. The highest BCUT2D eigenvalue weighted by molar-refractivity contribution is 5.79. The van der Waals surface area contributed by atoms with E-state index in [-0.39, 0.29) is 18.6 Å². The number of piperidine rings is 1. The van der Waals surface area contributed by atoms with Crippen LogP contribution < -0.4 is 0 Å². The molecule has 1 heterocycles. The highest BCUT2D eigenvalue weighted by Crippen LogP contribution is 2.19. The summed E-state index contributed by atoms with van der Waals surface area (Å²) in [4.78, 5) is 24.1. The van der Waals surface area contributed by atoms with Crippen LogP contribution in [0.4, 0.5) is 4.79 Å². The Morgan fingerprint density at radius 3 is 2.52 bits per heavy atom. The molecule has 1 aliphatic rings. The van der Waals surface area contributed by atoms with Crippen LogP contribution in [0, 0.1) is 5.92 Å². The molecule has 1 N–H and O–H groups in total. The maximum atomic E-state index is 11.9. The second kappa shape index (κ2) is 7.47. The number of carbonyl (C=O) groups is 2. The van der Waals surface area contributed by atoms with Crippen LogP contribution in [0.25, 0.3) is 0 Å². The van der Waals surface area contributed by atoms with Crippen LogP contribution in [0.2, 0.25) is 0 Å². The fourth-order valence-electron chi connectivity index (χ4n) is 2.30. The Kier molecular flexibility index (Phi) is 5.37. The molecule has 21 heavy (non-hydrogen) atoms. The molecule has 0 unspecified atom stereocenters. The number of likely N-dealkylation sites (tertiary alicyclic amines) is 1. The molecule has 0 saturated carbocycles. The first kappa shape index (κ1) is 15.1. The third kappa shape index (κ3) is 4.95. The zero-order valence-corrected chi connectivity index (χ0v) is 11.8. The lowest BCUT2D eigenvalue weighted by atomic mass is 9.97. The second-order valence-corrected chi connectivity index (χ2v) is 5.06. The lowest BCUT2D eigenvalue weighted by Crippen LogP contribution is -2.38. The Bertz CT molecular complexity index is 504. The smallest absolute Gasteiger partial charge is 0.410 e. The number of hydrogen-bond donors (Lipinski definition) is 1. The van der Waals surface area contributed by atoms with Gasteiger partial charge in [0.2, 0.25) is 0 Å². The lowest BCUT2D eigenvalue weighted by molar-refractivity contribution is -0.131. The SMILES string of the molecule is O=C(O)/C=C/C1CCN(C(=O)OCc2ccccc2)CC1. The fraction of sp³-hybridized carbons (Fsp3) is 0.375. The third-order valence-electron chi connectivity index (χ3n) is 3.51. The predicted molar refractivity (Wildman–Crippen MR) is 77.7 cm³/mol. The van der Waals surface area contributed by atoms with Crippen LogP contribution in [0.5, 0.6) is 0 Å². The molecule has 2 rings (SSSR count). The van der Waals surface area contributed by atoms with E-state index in [1.165, 1.54) is 6.08 Å². The molecule has 5 nitrogen and oxygen atoms in total. The minimum atomic E-state index is -0.931. The third-order valence-corrected chi connectivity index (χ3v) is 3.51. The molecule has 0 bridgehead atoms. The first-order valence-corrected chi connectivity index (χ1v) is 7.02. The molecular formula is C16H19NO4. The van der Waals surface area contributed by atoms with Gasteiger partial charge < -0.3 is 14.7 Å². The molecule has 1 saturated heterocycles. The molecule has 5 heteroatoms. The van der Waals surface area contributed by atoms with E-state index in [0.29, 0.717) is 13.1 Å². The van der Waals surface area contributed by atoms with E-state index in [9.17, 15) is 9.59 Å². The van der Waals surface area contributed by atoms with Crippen molar-refractivity contribution < 1.29 is 19.4 Å². The first-order valence-electron chi connectivity index (χ1n) is 7.02. The number of carboxylic acids is 1. The predicted octanol–water partition coefficient (Wildman–Crippen LogP) is 2.68. The lowest BCUT2D eigenvalue weighted by Gasteiger charge is -2.29. The molecule has 0 spiro atoms. The molecule has 0 radical (unpaired) electrons. The number of aliphatic carboxylic acids is 1. The molecule has 112 valence electrons. The Hall–Kier alpha value is -2.30. The maximum absolute atomic E-state index is 11.9. The van der Waals surface area contributed by atoms with Gasteiger partial charge in [0.05, 0.1) is 0 Å². The van der Waals surface area contributed by atoms with Gasteiger partial charge in [0.1, 0.15) is 6.61 Å². The van der Waals surface area contributed by atoms with Crippen molar-refractivity contribution in [1.82, 2.24) is 4.90 Å². The van der Waals surface area contributed by atoms with Gasteiger partial charge in [-0.1, -0.05) is 36.4 Å². The number of amides is 1. The molecule has 1 aromatic rings. The first-order chi connectivity index (χ1) is 10.1. The van der Waals surface area contributed by atoms with Gasteiger partial charge in [-0.15, -0.1) is 0 Å². The normalized spacial score (nSPS) is 16.1. The summed E-state index contributed by atoms with van der Waals surface area (Å²) in [5.74, 6) is -0.709. The summed E-state index contributed by atoms with van der Waals surface area (Å²) < 4.78 is 5.28. The number of nitrogens with zero attached hydrogens (tertiary/aromatic N) is 1. The summed E-state index contributed by atoms with van der Waals surface area (Å²) in [5.41, 5.74) is 0.963. The molecule has 0 aromatic heterocycles. The van der Waals surface area contributed by atoms with Gasteiger partial charge in [-0.2, -0.15) is 0 Å². The largest absolute Gasteiger partial charge is 0.478 e. The van der Waals surface area contributed by atoms with Crippen LogP contribution in [0.15, 0.2) is 42.5 Å². The topological polar surface area (TPSA) is 66.8 Å². The number of ether oxygens (including phenoxy) is 1. The van der Waals surface area contributed by atoms with E-state index < -0.39 is 5.97 Å². The van der Waals surface area contributed by atoms with Crippen LogP contribution in [-0.4, -0.2) is 35.2 Å². The van der Waals surface area contributed by atoms with Crippen LogP contribution in [0.1, 0.15) is 18.4 Å². The van der Waals surface area contributed by atoms with E-state index in [0.717, 1.165) is 18.4 Å². The molecule has 1 aromatic carbocycles. The standard InChI is InChI=1S/C16H19NO4/c18-15(19)7-6-13-8-10-17(11-9-13)16(20)21-12-14-4-2-1-3-5-14/h1-7,13H,8-12H2,(H,18,19)/b7-6+. The highest BCUT2D eigenvalue weighted by atomic mass is 16.6. The minimum absolute atomic E-state index is 0.222. The van der Waals surface area contributed by atoms with E-state index >= 15 is 0 Å². The maximum Gasteiger partial charge on any atom is 0.410 e. The number of carbonyl (C=O) groups excluding carboxylic acids is 1. The molecular weight excluding hydrogens is 270 g/mol. The number of carboxylic acid groups (broad SMARTS) is 1. The van der Waals surface area contributed by atoms with Gasteiger partial charge >= 0.3 is 12.1 Å². The Morgan fingerprint density at radius 1 is 1.24 bits per heavy atom. The van der Waals surface area contributed by atoms with Gasteiger partial charge in [-0.3, -0.25) is 0 Å². The molecule has 0 atom stereocenters. The average molecular weight is 289 g/mol. The molecule has 0 aliphatic carbocycles. The number of benzene rings is 1. The summed E-state index contributed by atoms with van der Waals surface area (Å²) in [6.07, 6.45) is 4.11. The van der Waals surface area contributed by atoms with E-state index in [2.05, 4.69) is 0 Å². The van der Waals surface area contributed by atoms with Crippen molar-refractivity contribution in [3.05, 3.63) is 48.0 Å². The summed E-state index contributed by atoms with van der Waals surface area (Å²) in [6.45, 7) is 1.48. The van der Waals surface area contributed by atoms with Crippen molar-refractivity contribution in [3.63, 3.8) is 0 Å². The van der Waals surface area contributed by atoms with Crippen LogP contribution in [-0.2, 0) is 16.1 Å². The number of hydrogen-bond acceptors (Lipinski definition) is 3. The van der Waals surface area contributed by atoms with Crippen molar-refractivity contribution in [3.8, 4) is 0 Å². The second-order valence-electron chi connectivity index (χ2n) is 5.06. The Balaban J connectivity index is 1.74. The van der Waals surface area contributed by atoms with Crippen molar-refractivity contribution in [2.24, 2.45) is 5.92 Å². The molecule has 1 aliphatic heterocycles. The minimum Gasteiger partial charge on any atom is -0.478 e. The Labute approximate surface area is 123 Å². The van der Waals surface area contributed by atoms with Crippen LogP contribution >= 0.6 is 0 Å². The van der Waals surface area contributed by atoms with Crippen molar-refractivity contribution in [1.29, 1.82) is 0 Å². The summed E-state index contributed by atoms with van der Waals surface area (Å²) in [6, 6.07) is 9.56.